The second-order valence-corrected chi connectivity index (χ2v) is 10.4. The first-order chi connectivity index (χ1) is 16.0. The Kier molecular flexibility index (Phi) is 4.87. The van der Waals surface area contributed by atoms with Crippen LogP contribution in [0.15, 0.2) is 36.4 Å². The van der Waals surface area contributed by atoms with E-state index < -0.39 is 29.6 Å². The fourth-order valence-electron chi connectivity index (χ4n) is 6.34. The van der Waals surface area contributed by atoms with Crippen LogP contribution in [0, 0.1) is 18.8 Å². The maximum Gasteiger partial charge on any atom is 0.246 e. The van der Waals surface area contributed by atoms with Gasteiger partial charge in [0.25, 0.3) is 0 Å². The van der Waals surface area contributed by atoms with Crippen molar-refractivity contribution in [2.45, 2.75) is 81.7 Å². The Morgan fingerprint density at radius 2 is 1.76 bits per heavy atom. The first-order valence-electron chi connectivity index (χ1n) is 12.4. The second-order valence-electron chi connectivity index (χ2n) is 10.4. The highest BCUT2D eigenvalue weighted by molar-refractivity contribution is 6.03. The second kappa shape index (κ2) is 7.69. The lowest BCUT2D eigenvalue weighted by atomic mass is 9.74. The van der Waals surface area contributed by atoms with E-state index in [9.17, 15) is 14.4 Å². The SMILES string of the molecule is Cc1ccc(NC(=O)C2[C@H]3C=CC4(O3)C(C(=O)NC3CCCCC3)N(C3CC3)C(=O)[C@@H]24)cc1. The highest BCUT2D eigenvalue weighted by Gasteiger charge is 2.74. The van der Waals surface area contributed by atoms with Crippen LogP contribution in [0.3, 0.4) is 0 Å². The van der Waals surface area contributed by atoms with Crippen molar-refractivity contribution < 1.29 is 19.1 Å². The van der Waals surface area contributed by atoms with Gasteiger partial charge >= 0.3 is 0 Å². The van der Waals surface area contributed by atoms with Gasteiger partial charge in [0.1, 0.15) is 11.6 Å². The number of ether oxygens (including phenoxy) is 1. The molecule has 2 aliphatic carbocycles. The highest BCUT2D eigenvalue weighted by Crippen LogP contribution is 2.57. The fraction of sp³-hybridized carbons (Fsp3) is 0.577. The van der Waals surface area contributed by atoms with Crippen molar-refractivity contribution in [3.63, 3.8) is 0 Å². The van der Waals surface area contributed by atoms with Gasteiger partial charge in [-0.2, -0.15) is 0 Å². The Bertz CT molecular complexity index is 1010. The summed E-state index contributed by atoms with van der Waals surface area (Å²) in [6, 6.07) is 7.12. The molecule has 0 radical (unpaired) electrons. The standard InChI is InChI=1S/C26H31N3O4/c1-15-7-9-17(10-8-15)27-23(30)20-19-13-14-26(33-19)21(20)25(32)29(18-11-12-18)22(26)24(31)28-16-5-3-2-4-6-16/h7-10,13-14,16,18-22H,2-6,11-12H2,1H3,(H,27,30)(H,28,31)/t19-,20?,21-,22?,26?/m1/s1. The van der Waals surface area contributed by atoms with E-state index >= 15 is 0 Å². The van der Waals surface area contributed by atoms with Crippen molar-refractivity contribution in [3.05, 3.63) is 42.0 Å². The highest BCUT2D eigenvalue weighted by atomic mass is 16.5. The van der Waals surface area contributed by atoms with E-state index in [1.807, 2.05) is 43.3 Å². The average Bonchev–Trinajstić information content (AvgIpc) is 3.40. The van der Waals surface area contributed by atoms with Gasteiger partial charge in [0.2, 0.25) is 17.7 Å². The molecule has 4 fully saturated rings. The topological polar surface area (TPSA) is 87.7 Å². The molecular weight excluding hydrogens is 418 g/mol. The summed E-state index contributed by atoms with van der Waals surface area (Å²) in [5.74, 6) is -1.78. The summed E-state index contributed by atoms with van der Waals surface area (Å²) in [6.45, 7) is 1.99. The van der Waals surface area contributed by atoms with Crippen LogP contribution in [-0.4, -0.2) is 52.5 Å². The smallest absolute Gasteiger partial charge is 0.246 e. The minimum absolute atomic E-state index is 0.0661. The molecule has 3 aliphatic heterocycles. The van der Waals surface area contributed by atoms with E-state index in [0.29, 0.717) is 5.69 Å². The third kappa shape index (κ3) is 3.31. The number of aryl methyl sites for hydroxylation is 1. The monoisotopic (exact) mass is 449 g/mol. The molecule has 33 heavy (non-hydrogen) atoms. The van der Waals surface area contributed by atoms with Gasteiger partial charge in [-0.15, -0.1) is 0 Å². The van der Waals surface area contributed by atoms with Crippen molar-refractivity contribution in [1.29, 1.82) is 0 Å². The molecule has 1 aromatic carbocycles. The van der Waals surface area contributed by atoms with Crippen molar-refractivity contribution in [3.8, 4) is 0 Å². The molecule has 174 valence electrons. The number of likely N-dealkylation sites (tertiary alicyclic amines) is 1. The van der Waals surface area contributed by atoms with Gasteiger partial charge in [0.05, 0.1) is 17.9 Å². The number of anilines is 1. The van der Waals surface area contributed by atoms with Crippen LogP contribution in [0.5, 0.6) is 0 Å². The summed E-state index contributed by atoms with van der Waals surface area (Å²) in [4.78, 5) is 42.4. The van der Waals surface area contributed by atoms with Crippen LogP contribution in [0.2, 0.25) is 0 Å². The van der Waals surface area contributed by atoms with Gasteiger partial charge in [0, 0.05) is 17.8 Å². The van der Waals surface area contributed by atoms with Gasteiger partial charge in [0.15, 0.2) is 0 Å². The molecule has 2 N–H and O–H groups in total. The third-order valence-electron chi connectivity index (χ3n) is 8.07. The molecule has 2 saturated heterocycles. The first kappa shape index (κ1) is 20.9. The average molecular weight is 450 g/mol. The summed E-state index contributed by atoms with van der Waals surface area (Å²) < 4.78 is 6.38. The van der Waals surface area contributed by atoms with Crippen molar-refractivity contribution in [2.75, 3.05) is 5.32 Å². The van der Waals surface area contributed by atoms with Crippen LogP contribution >= 0.6 is 0 Å². The normalized spacial score (nSPS) is 35.1. The Morgan fingerprint density at radius 3 is 2.45 bits per heavy atom. The van der Waals surface area contributed by atoms with Crippen LogP contribution in [0.1, 0.15) is 50.5 Å². The molecule has 5 aliphatic rings. The van der Waals surface area contributed by atoms with E-state index in [1.165, 1.54) is 6.42 Å². The Labute approximate surface area is 193 Å². The van der Waals surface area contributed by atoms with Crippen molar-refractivity contribution in [1.82, 2.24) is 10.2 Å². The predicted molar refractivity (Wildman–Crippen MR) is 122 cm³/mol. The van der Waals surface area contributed by atoms with E-state index in [2.05, 4.69) is 10.6 Å². The predicted octanol–water partition coefficient (Wildman–Crippen LogP) is 2.70. The Hall–Kier alpha value is -2.67. The van der Waals surface area contributed by atoms with E-state index in [-0.39, 0.29) is 29.8 Å². The van der Waals surface area contributed by atoms with Gasteiger partial charge in [-0.3, -0.25) is 14.4 Å². The number of hydrogen-bond donors (Lipinski definition) is 2. The number of carbonyl (C=O) groups is 3. The molecular formula is C26H31N3O4. The molecule has 3 amide bonds. The van der Waals surface area contributed by atoms with Crippen molar-refractivity contribution in [2.24, 2.45) is 11.8 Å². The number of carbonyl (C=O) groups excluding carboxylic acids is 3. The van der Waals surface area contributed by atoms with E-state index in [4.69, 9.17) is 4.74 Å². The van der Waals surface area contributed by atoms with E-state index in [0.717, 1.165) is 44.1 Å². The number of amides is 3. The molecule has 6 rings (SSSR count). The molecule has 5 atom stereocenters. The van der Waals surface area contributed by atoms with Gasteiger partial charge in [-0.25, -0.2) is 0 Å². The molecule has 3 heterocycles. The lowest BCUT2D eigenvalue weighted by Crippen LogP contribution is -2.57. The molecule has 7 nitrogen and oxygen atoms in total. The minimum Gasteiger partial charge on any atom is -0.359 e. The number of nitrogens with zero attached hydrogens (tertiary/aromatic N) is 1. The Balaban J connectivity index is 1.29. The maximum atomic E-state index is 13.7. The number of nitrogens with one attached hydrogen (secondary N) is 2. The fourth-order valence-corrected chi connectivity index (χ4v) is 6.34. The Morgan fingerprint density at radius 1 is 1.03 bits per heavy atom. The number of fused-ring (bicyclic) bond motifs is 1. The third-order valence-corrected chi connectivity index (χ3v) is 8.07. The molecule has 2 saturated carbocycles. The lowest BCUT2D eigenvalue weighted by Gasteiger charge is -2.34. The molecule has 2 bridgehead atoms. The number of benzene rings is 1. The van der Waals surface area contributed by atoms with Crippen LogP contribution in [0.25, 0.3) is 0 Å². The molecule has 1 spiro atoms. The van der Waals surface area contributed by atoms with Crippen LogP contribution in [-0.2, 0) is 19.1 Å². The minimum atomic E-state index is -1.06. The molecule has 3 unspecified atom stereocenters. The van der Waals surface area contributed by atoms with Crippen LogP contribution < -0.4 is 10.6 Å². The van der Waals surface area contributed by atoms with Crippen LogP contribution in [0.4, 0.5) is 5.69 Å². The van der Waals surface area contributed by atoms with Gasteiger partial charge in [-0.05, 0) is 44.7 Å². The maximum absolute atomic E-state index is 13.7. The number of hydrogen-bond acceptors (Lipinski definition) is 4. The zero-order valence-electron chi connectivity index (χ0n) is 19.0. The molecule has 0 aromatic heterocycles. The first-order valence-corrected chi connectivity index (χ1v) is 12.4. The summed E-state index contributed by atoms with van der Waals surface area (Å²) >= 11 is 0. The molecule has 1 aromatic rings. The zero-order chi connectivity index (χ0) is 22.7. The summed E-state index contributed by atoms with van der Waals surface area (Å²) in [7, 11) is 0. The lowest BCUT2D eigenvalue weighted by molar-refractivity contribution is -0.142. The number of rotatable bonds is 5. The summed E-state index contributed by atoms with van der Waals surface area (Å²) in [6.07, 6.45) is 10.5. The van der Waals surface area contributed by atoms with Gasteiger partial charge in [-0.1, -0.05) is 49.1 Å². The summed E-state index contributed by atoms with van der Waals surface area (Å²) in [5, 5.41) is 6.20. The quantitative estimate of drug-likeness (QED) is 0.677. The van der Waals surface area contributed by atoms with Crippen molar-refractivity contribution >= 4 is 23.4 Å². The largest absolute Gasteiger partial charge is 0.359 e. The van der Waals surface area contributed by atoms with Gasteiger partial charge < -0.3 is 20.3 Å². The zero-order valence-corrected chi connectivity index (χ0v) is 19.0. The summed E-state index contributed by atoms with van der Waals surface area (Å²) in [5.41, 5.74) is 0.747. The molecule has 7 heteroatoms. The van der Waals surface area contributed by atoms with E-state index in [1.54, 1.807) is 4.90 Å².